The molecule has 0 saturated heterocycles. The van der Waals surface area contributed by atoms with E-state index in [2.05, 4.69) is 65.8 Å². The Bertz CT molecular complexity index is 2390. The fourth-order valence-corrected chi connectivity index (χ4v) is 9.92. The van der Waals surface area contributed by atoms with E-state index in [0.717, 1.165) is 25.7 Å². The first-order chi connectivity index (χ1) is 31.5. The van der Waals surface area contributed by atoms with E-state index in [4.69, 9.17) is 18.7 Å². The molecule has 0 bridgehead atoms. The number of carbonyl (C=O) groups excluding carboxylic acids is 3. The molecule has 0 spiro atoms. The highest BCUT2D eigenvalue weighted by molar-refractivity contribution is 7.46. The summed E-state index contributed by atoms with van der Waals surface area (Å²) in [6.07, 6.45) is 12.1. The first-order valence-electron chi connectivity index (χ1n) is 23.4. The van der Waals surface area contributed by atoms with Gasteiger partial charge in [-0.1, -0.05) is 46.6 Å². The number of hydrogen-bond donors (Lipinski definition) is 5. The molecule has 0 radical (unpaired) electrons. The molecule has 15 nitrogen and oxygen atoms in total. The zero-order valence-electron chi connectivity index (χ0n) is 40.2. The highest BCUT2D eigenvalue weighted by atomic mass is 31.2. The van der Waals surface area contributed by atoms with Crippen LogP contribution in [0, 0.1) is 0 Å². The van der Waals surface area contributed by atoms with Crippen LogP contribution in [0.3, 0.4) is 0 Å². The van der Waals surface area contributed by atoms with Crippen LogP contribution < -0.4 is 14.0 Å². The van der Waals surface area contributed by atoms with Gasteiger partial charge in [0.2, 0.25) is 0 Å². The number of allylic oxidation sites excluding steroid dienone is 8. The number of nitrogens with zero attached hydrogens (tertiary/aromatic N) is 2. The third kappa shape index (κ3) is 12.0. The maximum Gasteiger partial charge on any atom is 0.524 e. The van der Waals surface area contributed by atoms with Gasteiger partial charge in [0.05, 0.1) is 36.4 Å². The lowest BCUT2D eigenvalue weighted by molar-refractivity contribution is -0.141. The van der Waals surface area contributed by atoms with Crippen LogP contribution >= 0.6 is 7.82 Å². The lowest BCUT2D eigenvalue weighted by Crippen LogP contribution is -2.49. The zero-order chi connectivity index (χ0) is 49.0. The van der Waals surface area contributed by atoms with Gasteiger partial charge >= 0.3 is 7.82 Å². The number of phosphoric ester groups is 1. The van der Waals surface area contributed by atoms with Crippen molar-refractivity contribution < 1.29 is 62.8 Å². The quantitative estimate of drug-likeness (QED) is 0.0450. The lowest BCUT2D eigenvalue weighted by atomic mass is 9.84. The number of aliphatic hydroxyl groups excluding tert-OH is 2. The number of carbonyl (C=O) groups is 3. The normalized spacial score (nSPS) is 22.8. The largest absolute Gasteiger partial charge is 0.524 e. The predicted octanol–water partition coefficient (Wildman–Crippen LogP) is 8.81. The molecule has 366 valence electrons. The maximum atomic E-state index is 14.0. The molecule has 5 atom stereocenters. The van der Waals surface area contributed by atoms with E-state index < -0.39 is 49.3 Å². The third-order valence-electron chi connectivity index (χ3n) is 13.6. The van der Waals surface area contributed by atoms with Gasteiger partial charge in [0.25, 0.3) is 18.3 Å². The number of phenolic OH excluding ortho intramolecular Hbond substituents is 1. The first-order valence-corrected chi connectivity index (χ1v) is 24.9. The lowest BCUT2D eigenvalue weighted by Gasteiger charge is -2.41. The Morgan fingerprint density at radius 2 is 1.30 bits per heavy atom. The molecule has 0 fully saturated rings. The minimum Gasteiger partial charge on any atom is -0.508 e. The second-order valence-corrected chi connectivity index (χ2v) is 20.8. The van der Waals surface area contributed by atoms with Crippen molar-refractivity contribution in [2.75, 3.05) is 6.54 Å². The summed E-state index contributed by atoms with van der Waals surface area (Å²) in [5.74, 6) is -0.743. The van der Waals surface area contributed by atoms with Gasteiger partial charge in [0, 0.05) is 48.1 Å². The molecule has 0 aromatic heterocycles. The van der Waals surface area contributed by atoms with E-state index in [9.17, 15) is 44.1 Å². The Labute approximate surface area is 394 Å². The van der Waals surface area contributed by atoms with Crippen molar-refractivity contribution in [1.82, 2.24) is 9.80 Å². The molecule has 2 aromatic rings. The van der Waals surface area contributed by atoms with Crippen molar-refractivity contribution in [1.29, 1.82) is 0 Å². The van der Waals surface area contributed by atoms with Crippen LogP contribution in [-0.2, 0) is 40.0 Å². The van der Waals surface area contributed by atoms with Crippen LogP contribution in [0.1, 0.15) is 163 Å². The van der Waals surface area contributed by atoms with Gasteiger partial charge in [-0.2, -0.15) is 0 Å². The molecule has 2 amide bonds. The summed E-state index contributed by atoms with van der Waals surface area (Å²) in [6, 6.07) is 2.66. The molecule has 4 aliphatic rings. The topological polar surface area (TPSA) is 213 Å². The summed E-state index contributed by atoms with van der Waals surface area (Å²) in [7, 11) is -5.08. The van der Waals surface area contributed by atoms with Crippen molar-refractivity contribution in [2.24, 2.45) is 0 Å². The highest BCUT2D eigenvalue weighted by Crippen LogP contribution is 2.51. The fraction of sp³-hybridized carbons (Fsp3) is 0.549. The van der Waals surface area contributed by atoms with Crippen LogP contribution in [-0.4, -0.2) is 89.4 Å². The van der Waals surface area contributed by atoms with Crippen LogP contribution in [0.4, 0.5) is 0 Å². The maximum absolute atomic E-state index is 14.0. The van der Waals surface area contributed by atoms with Crippen LogP contribution in [0.5, 0.6) is 23.0 Å². The highest BCUT2D eigenvalue weighted by Gasteiger charge is 2.47. The van der Waals surface area contributed by atoms with Crippen molar-refractivity contribution in [3.63, 3.8) is 0 Å². The number of benzene rings is 2. The Morgan fingerprint density at radius 1 is 0.776 bits per heavy atom. The number of phosphoric acid groups is 1. The average Bonchev–Trinajstić information content (AvgIpc) is 3.73. The Morgan fingerprint density at radius 3 is 1.84 bits per heavy atom. The minimum atomic E-state index is -5.08. The van der Waals surface area contributed by atoms with Gasteiger partial charge in [-0.3, -0.25) is 29.1 Å². The smallest absolute Gasteiger partial charge is 0.508 e. The van der Waals surface area contributed by atoms with E-state index in [0.29, 0.717) is 48.1 Å². The van der Waals surface area contributed by atoms with E-state index in [1.807, 2.05) is 6.92 Å². The molecule has 6 rings (SSSR count). The van der Waals surface area contributed by atoms with Crippen LogP contribution in [0.2, 0.25) is 0 Å². The molecule has 16 heteroatoms. The van der Waals surface area contributed by atoms with Crippen molar-refractivity contribution >= 4 is 26.1 Å². The SMILES string of the molecule is CC(C)=CCC/C(C)=C/CC[C@@]1(C)Oc2c(c(O)cc3c2CN([C@@H](CCCN2Cc4c(cc(OP(=O)(O)O)c5c4O[C@](C)(CC/C=C(\C)CCC=C(C)C)[C@@H](O)C5)C2=O)OC=O)C3=O)C[C@@H]1O. The molecular formula is C51H69N2O13P. The van der Waals surface area contributed by atoms with Gasteiger partial charge < -0.3 is 39.0 Å². The van der Waals surface area contributed by atoms with Crippen molar-refractivity contribution in [2.45, 2.75) is 175 Å². The number of hydrogen-bond acceptors (Lipinski definition) is 11. The van der Waals surface area contributed by atoms with Crippen molar-refractivity contribution in [3.05, 3.63) is 92.1 Å². The van der Waals surface area contributed by atoms with Gasteiger partial charge in [-0.25, -0.2) is 4.57 Å². The van der Waals surface area contributed by atoms with Crippen molar-refractivity contribution in [3.8, 4) is 23.0 Å². The Kier molecular flexibility index (Phi) is 16.3. The fourth-order valence-electron chi connectivity index (χ4n) is 9.50. The number of aromatic hydroxyl groups is 1. The number of ether oxygens (including phenoxy) is 3. The molecule has 4 heterocycles. The van der Waals surface area contributed by atoms with E-state index in [1.165, 1.54) is 39.3 Å². The van der Waals surface area contributed by atoms with Crippen LogP contribution in [0.25, 0.3) is 0 Å². The minimum absolute atomic E-state index is 0.0145. The first kappa shape index (κ1) is 51.5. The molecule has 0 unspecified atom stereocenters. The predicted molar refractivity (Wildman–Crippen MR) is 253 cm³/mol. The van der Waals surface area contributed by atoms with Gasteiger partial charge in [-0.05, 0) is 125 Å². The third-order valence-corrected chi connectivity index (χ3v) is 14.0. The average molecular weight is 949 g/mol. The number of rotatable bonds is 21. The van der Waals surface area contributed by atoms with E-state index >= 15 is 0 Å². The number of phenols is 1. The number of amides is 2. The molecule has 4 aliphatic heterocycles. The van der Waals surface area contributed by atoms with Crippen LogP contribution in [0.15, 0.2) is 58.7 Å². The summed E-state index contributed by atoms with van der Waals surface area (Å²) in [5.41, 5.74) is 4.91. The van der Waals surface area contributed by atoms with E-state index in [-0.39, 0.29) is 85.7 Å². The second-order valence-electron chi connectivity index (χ2n) is 19.6. The summed E-state index contributed by atoms with van der Waals surface area (Å²) in [6.45, 7) is 16.6. The molecule has 67 heavy (non-hydrogen) atoms. The van der Waals surface area contributed by atoms with Gasteiger partial charge in [-0.15, -0.1) is 0 Å². The number of aliphatic hydroxyl groups is 2. The van der Waals surface area contributed by atoms with E-state index in [1.54, 1.807) is 11.8 Å². The molecular weight excluding hydrogens is 880 g/mol. The summed E-state index contributed by atoms with van der Waals surface area (Å²) < 4.78 is 35.8. The van der Waals surface area contributed by atoms with Gasteiger partial charge in [0.1, 0.15) is 34.2 Å². The summed E-state index contributed by atoms with van der Waals surface area (Å²) in [4.78, 5) is 62.5. The number of fused-ring (bicyclic) bond motifs is 6. The molecule has 0 aliphatic carbocycles. The summed E-state index contributed by atoms with van der Waals surface area (Å²) >= 11 is 0. The monoisotopic (exact) mass is 948 g/mol. The van der Waals surface area contributed by atoms with Gasteiger partial charge in [0.15, 0.2) is 6.23 Å². The standard InChI is InChI=1S/C51H69N2O13P/c1-31(2)14-9-16-33(5)18-11-21-50(7)43(56)26-37-41(55)24-35-40(46(37)64-50)29-53(49(35)59)45(63-30-54)20-13-23-52-28-39-36(48(52)58)25-42(66-67(60,61)62)38-27-44(57)51(8,65-47(38)39)22-12-19-34(6)17-10-15-32(3)4/h14-15,18-19,24-25,30,43-45,55-57H,9-13,16-17,20-23,26-29H2,1-8H3,(H2,60,61,62)/b33-18+,34-19+/t43-,44-,45+,50+,51+/m0/s1. The molecule has 2 aromatic carbocycles. The summed E-state index contributed by atoms with van der Waals surface area (Å²) in [5, 5.41) is 33.8. The molecule has 0 saturated carbocycles. The second kappa shape index (κ2) is 21.2. The zero-order valence-corrected chi connectivity index (χ0v) is 41.1. The Balaban J connectivity index is 1.15. The molecule has 5 N–H and O–H groups in total. The Hall–Kier alpha value is -4.92.